The number of carbonyl (C=O) groups excluding carboxylic acids is 1. The number of ether oxygens (including phenoxy) is 1. The molecule has 2 aromatic heterocycles. The molecule has 0 aliphatic carbocycles. The van der Waals surface area contributed by atoms with E-state index in [1.807, 2.05) is 67.6 Å². The number of fused-ring (bicyclic) bond motifs is 2. The van der Waals surface area contributed by atoms with E-state index in [9.17, 15) is 9.59 Å². The fourth-order valence-corrected chi connectivity index (χ4v) is 4.79. The number of aromatic nitrogens is 1. The van der Waals surface area contributed by atoms with Crippen LogP contribution >= 0.6 is 11.6 Å². The summed E-state index contributed by atoms with van der Waals surface area (Å²) in [6.07, 6.45) is 1.69. The van der Waals surface area contributed by atoms with Crippen LogP contribution in [-0.2, 0) is 6.61 Å². The van der Waals surface area contributed by atoms with Crippen molar-refractivity contribution in [2.75, 3.05) is 4.90 Å². The summed E-state index contributed by atoms with van der Waals surface area (Å²) in [6.45, 7) is 2.31. The first-order chi connectivity index (χ1) is 18.0. The minimum Gasteiger partial charge on any atom is -0.489 e. The monoisotopic (exact) mass is 508 g/mol. The van der Waals surface area contributed by atoms with Crippen molar-refractivity contribution >= 4 is 34.3 Å². The maximum Gasteiger partial charge on any atom is 0.296 e. The van der Waals surface area contributed by atoms with Gasteiger partial charge in [0, 0.05) is 11.2 Å². The van der Waals surface area contributed by atoms with Gasteiger partial charge in [-0.25, -0.2) is 4.98 Å². The summed E-state index contributed by atoms with van der Waals surface area (Å²) in [5.74, 6) is 0.611. The predicted molar refractivity (Wildman–Crippen MR) is 142 cm³/mol. The largest absolute Gasteiger partial charge is 0.489 e. The number of amides is 1. The molecular formula is C30H21ClN2O4. The molecule has 7 heteroatoms. The fourth-order valence-electron chi connectivity index (χ4n) is 4.61. The summed E-state index contributed by atoms with van der Waals surface area (Å²) in [6, 6.07) is 24.9. The molecule has 182 valence electrons. The Labute approximate surface area is 217 Å². The third kappa shape index (κ3) is 4.15. The molecule has 0 N–H and O–H groups in total. The smallest absolute Gasteiger partial charge is 0.296 e. The lowest BCUT2D eigenvalue weighted by Gasteiger charge is -2.24. The predicted octanol–water partition coefficient (Wildman–Crippen LogP) is 6.48. The van der Waals surface area contributed by atoms with Crippen molar-refractivity contribution in [1.29, 1.82) is 0 Å². The van der Waals surface area contributed by atoms with Crippen LogP contribution in [0.1, 0.15) is 38.9 Å². The van der Waals surface area contributed by atoms with Crippen LogP contribution in [-0.4, -0.2) is 10.9 Å². The third-order valence-electron chi connectivity index (χ3n) is 6.40. The van der Waals surface area contributed by atoms with Crippen LogP contribution < -0.4 is 15.1 Å². The van der Waals surface area contributed by atoms with E-state index in [0.29, 0.717) is 39.7 Å². The lowest BCUT2D eigenvalue weighted by Crippen LogP contribution is -2.30. The molecule has 1 unspecified atom stereocenters. The van der Waals surface area contributed by atoms with Gasteiger partial charge in [0.05, 0.1) is 17.0 Å². The van der Waals surface area contributed by atoms with Crippen LogP contribution in [0.3, 0.4) is 0 Å². The first-order valence-corrected chi connectivity index (χ1v) is 12.2. The molecule has 1 atom stereocenters. The van der Waals surface area contributed by atoms with E-state index in [1.165, 1.54) is 4.90 Å². The minimum atomic E-state index is -0.752. The lowest BCUT2D eigenvalue weighted by atomic mass is 9.98. The molecule has 6 nitrogen and oxygen atoms in total. The number of aryl methyl sites for hydroxylation is 1. The number of halogens is 1. The fraction of sp³-hybridized carbons (Fsp3) is 0.100. The van der Waals surface area contributed by atoms with Crippen LogP contribution in [0.25, 0.3) is 11.0 Å². The van der Waals surface area contributed by atoms with Gasteiger partial charge in [0.15, 0.2) is 5.43 Å². The van der Waals surface area contributed by atoms with Gasteiger partial charge in [-0.15, -0.1) is 0 Å². The zero-order valence-corrected chi connectivity index (χ0v) is 20.6. The number of carbonyl (C=O) groups is 1. The van der Waals surface area contributed by atoms with Crippen LogP contribution in [0.2, 0.25) is 5.02 Å². The Morgan fingerprint density at radius 2 is 1.81 bits per heavy atom. The highest BCUT2D eigenvalue weighted by atomic mass is 35.5. The highest BCUT2D eigenvalue weighted by Crippen LogP contribution is 2.41. The van der Waals surface area contributed by atoms with Crippen molar-refractivity contribution in [2.24, 2.45) is 0 Å². The van der Waals surface area contributed by atoms with Crippen molar-refractivity contribution in [2.45, 2.75) is 19.6 Å². The first-order valence-electron chi connectivity index (χ1n) is 11.8. The molecular weight excluding hydrogens is 488 g/mol. The molecule has 3 aromatic carbocycles. The molecule has 1 aliphatic heterocycles. The average Bonchev–Trinajstić information content (AvgIpc) is 3.21. The molecule has 1 amide bonds. The van der Waals surface area contributed by atoms with Crippen LogP contribution in [0.15, 0.2) is 100 Å². The highest BCUT2D eigenvalue weighted by molar-refractivity contribution is 6.31. The summed E-state index contributed by atoms with van der Waals surface area (Å²) in [5.41, 5.74) is 2.94. The lowest BCUT2D eigenvalue weighted by molar-refractivity contribution is 0.0970. The van der Waals surface area contributed by atoms with E-state index >= 15 is 0 Å². The maximum absolute atomic E-state index is 13.8. The van der Waals surface area contributed by atoms with Crippen LogP contribution in [0.5, 0.6) is 5.75 Å². The zero-order valence-electron chi connectivity index (χ0n) is 19.9. The van der Waals surface area contributed by atoms with Gasteiger partial charge in [0.1, 0.15) is 23.8 Å². The quantitative estimate of drug-likeness (QED) is 0.272. The van der Waals surface area contributed by atoms with Crippen molar-refractivity contribution in [3.05, 3.63) is 134 Å². The van der Waals surface area contributed by atoms with Gasteiger partial charge in [-0.3, -0.25) is 14.5 Å². The molecule has 5 aromatic rings. The van der Waals surface area contributed by atoms with Crippen molar-refractivity contribution < 1.29 is 13.9 Å². The number of benzene rings is 3. The van der Waals surface area contributed by atoms with Gasteiger partial charge in [-0.1, -0.05) is 60.1 Å². The number of hydrogen-bond acceptors (Lipinski definition) is 5. The van der Waals surface area contributed by atoms with E-state index in [4.69, 9.17) is 20.8 Å². The van der Waals surface area contributed by atoms with E-state index in [0.717, 1.165) is 11.1 Å². The van der Waals surface area contributed by atoms with E-state index in [-0.39, 0.29) is 16.8 Å². The van der Waals surface area contributed by atoms with Gasteiger partial charge in [0.25, 0.3) is 5.91 Å². The number of hydrogen-bond donors (Lipinski definition) is 0. The Balaban J connectivity index is 1.50. The van der Waals surface area contributed by atoms with Gasteiger partial charge in [-0.2, -0.15) is 0 Å². The summed E-state index contributed by atoms with van der Waals surface area (Å²) < 4.78 is 12.0. The standard InChI is InChI=1S/C30H21ClN2O4/c1-18-10-13-25(32-16-18)33-27(20-8-5-9-22(14-20)36-17-19-6-3-2-4-7-19)26-28(34)23-15-21(31)11-12-24(23)37-29(26)30(33)35/h2-16,27H,17H2,1H3. The number of pyridine rings is 1. The van der Waals surface area contributed by atoms with Crippen LogP contribution in [0.4, 0.5) is 5.82 Å². The molecule has 3 heterocycles. The Bertz CT molecular complexity index is 1700. The molecule has 0 bridgehead atoms. The summed E-state index contributed by atoms with van der Waals surface area (Å²) in [4.78, 5) is 33.5. The van der Waals surface area contributed by atoms with E-state index < -0.39 is 11.9 Å². The Kier molecular flexibility index (Phi) is 5.74. The second kappa shape index (κ2) is 9.22. The second-order valence-electron chi connectivity index (χ2n) is 8.93. The van der Waals surface area contributed by atoms with Gasteiger partial charge >= 0.3 is 0 Å². The molecule has 37 heavy (non-hydrogen) atoms. The van der Waals surface area contributed by atoms with E-state index in [1.54, 1.807) is 30.5 Å². The summed E-state index contributed by atoms with van der Waals surface area (Å²) in [7, 11) is 0. The van der Waals surface area contributed by atoms with Gasteiger partial charge in [-0.05, 0) is 60.0 Å². The molecule has 0 saturated heterocycles. The van der Waals surface area contributed by atoms with Crippen molar-refractivity contribution in [3.63, 3.8) is 0 Å². The Morgan fingerprint density at radius 1 is 0.973 bits per heavy atom. The summed E-state index contributed by atoms with van der Waals surface area (Å²) in [5, 5.41) is 0.730. The zero-order chi connectivity index (χ0) is 25.5. The number of nitrogens with zero attached hydrogens (tertiary/aromatic N) is 2. The van der Waals surface area contributed by atoms with Crippen molar-refractivity contribution in [1.82, 2.24) is 4.98 Å². The average molecular weight is 509 g/mol. The van der Waals surface area contributed by atoms with Crippen molar-refractivity contribution in [3.8, 4) is 5.75 Å². The third-order valence-corrected chi connectivity index (χ3v) is 6.63. The highest BCUT2D eigenvalue weighted by Gasteiger charge is 2.44. The number of rotatable bonds is 5. The Morgan fingerprint density at radius 3 is 2.59 bits per heavy atom. The van der Waals surface area contributed by atoms with Gasteiger partial charge < -0.3 is 9.15 Å². The molecule has 0 spiro atoms. The normalized spacial score (nSPS) is 14.7. The molecule has 0 saturated carbocycles. The minimum absolute atomic E-state index is 0.00260. The van der Waals surface area contributed by atoms with Gasteiger partial charge in [0.2, 0.25) is 5.76 Å². The van der Waals surface area contributed by atoms with E-state index in [2.05, 4.69) is 4.98 Å². The summed E-state index contributed by atoms with van der Waals surface area (Å²) >= 11 is 6.18. The molecule has 0 radical (unpaired) electrons. The molecule has 0 fully saturated rings. The maximum atomic E-state index is 13.8. The first kappa shape index (κ1) is 23.0. The Hall–Kier alpha value is -4.42. The molecule has 6 rings (SSSR count). The topological polar surface area (TPSA) is 72.6 Å². The SMILES string of the molecule is Cc1ccc(N2C(=O)c3oc4ccc(Cl)cc4c(=O)c3C2c2cccc(OCc3ccccc3)c2)nc1. The molecule has 1 aliphatic rings. The second-order valence-corrected chi connectivity index (χ2v) is 9.37. The number of anilines is 1. The van der Waals surface area contributed by atoms with Crippen LogP contribution in [0, 0.1) is 6.92 Å².